The predicted molar refractivity (Wildman–Crippen MR) is 112 cm³/mol. The Morgan fingerprint density at radius 2 is 1.19 bits per heavy atom. The Labute approximate surface area is 156 Å². The van der Waals surface area contributed by atoms with Gasteiger partial charge in [0.1, 0.15) is 5.71 Å². The lowest BCUT2D eigenvalue weighted by Gasteiger charge is -2.24. The molecule has 0 amide bonds. The van der Waals surface area contributed by atoms with E-state index in [1.807, 2.05) is 95.7 Å². The molecule has 0 saturated carbocycles. The number of nitrogens with zero attached hydrogens (tertiary/aromatic N) is 2. The second-order valence-electron chi connectivity index (χ2n) is 6.28. The summed E-state index contributed by atoms with van der Waals surface area (Å²) in [4.78, 5) is 13.2. The van der Waals surface area contributed by atoms with Crippen LogP contribution in [-0.2, 0) is 0 Å². The molecule has 0 spiro atoms. The molecule has 0 saturated heterocycles. The molecule has 0 unspecified atom stereocenters. The molecule has 130 valence electrons. The second kappa shape index (κ2) is 8.40. The highest BCUT2D eigenvalue weighted by Gasteiger charge is 2.19. The van der Waals surface area contributed by atoms with Crippen LogP contribution in [0.15, 0.2) is 96.1 Å². The van der Waals surface area contributed by atoms with Crippen LogP contribution in [0.1, 0.15) is 15.9 Å². The maximum atomic E-state index is 13.2. The zero-order chi connectivity index (χ0) is 18.4. The number of ketones is 1. The minimum atomic E-state index is -1.33. The molecule has 3 nitrogen and oxygen atoms in total. The fraction of sp³-hybridized carbons (Fsp3) is 0.0909. The number of hydrogen-bond donors (Lipinski definition) is 0. The number of benzene rings is 3. The van der Waals surface area contributed by atoms with Crippen LogP contribution in [0.25, 0.3) is 0 Å². The summed E-state index contributed by atoms with van der Waals surface area (Å²) in [5.41, 5.74) is 2.97. The largest absolute Gasteiger partial charge is 0.298 e. The van der Waals surface area contributed by atoms with Crippen LogP contribution in [-0.4, -0.2) is 20.5 Å². The molecule has 0 aliphatic rings. The Balaban J connectivity index is 2.10. The number of rotatable bonds is 6. The number of para-hydroxylation sites is 1. The molecule has 0 aromatic heterocycles. The Hall–Kier alpha value is -2.98. The van der Waals surface area contributed by atoms with E-state index in [0.29, 0.717) is 11.3 Å². The van der Waals surface area contributed by atoms with Crippen molar-refractivity contribution in [1.29, 1.82) is 0 Å². The summed E-state index contributed by atoms with van der Waals surface area (Å²) in [6.45, 7) is 4.40. The van der Waals surface area contributed by atoms with Crippen molar-refractivity contribution in [2.24, 2.45) is 5.10 Å². The smallest absolute Gasteiger partial charge is 0.213 e. The molecule has 0 heterocycles. The second-order valence-corrected chi connectivity index (χ2v) is 8.96. The van der Waals surface area contributed by atoms with Gasteiger partial charge in [-0.15, -0.1) is 0 Å². The highest BCUT2D eigenvalue weighted by Crippen LogP contribution is 2.18. The minimum absolute atomic E-state index is 0.0626. The molecule has 3 rings (SSSR count). The van der Waals surface area contributed by atoms with Crippen molar-refractivity contribution in [2.75, 3.05) is 4.67 Å². The molecule has 0 bridgehead atoms. The van der Waals surface area contributed by atoms with Crippen molar-refractivity contribution >= 4 is 26.1 Å². The molecule has 0 aliphatic heterocycles. The summed E-state index contributed by atoms with van der Waals surface area (Å²) in [6, 6.07) is 29.1. The molecule has 0 N–H and O–H groups in total. The molecule has 0 radical (unpaired) electrons. The fourth-order valence-electron chi connectivity index (χ4n) is 2.72. The van der Waals surface area contributed by atoms with Gasteiger partial charge in [0.25, 0.3) is 0 Å². The lowest BCUT2D eigenvalue weighted by atomic mass is 10.0. The topological polar surface area (TPSA) is 32.7 Å². The van der Waals surface area contributed by atoms with Crippen molar-refractivity contribution in [3.05, 3.63) is 102 Å². The molecule has 0 atom stereocenters. The number of anilines is 1. The first-order valence-electron chi connectivity index (χ1n) is 8.75. The molecule has 4 heteroatoms. The summed E-state index contributed by atoms with van der Waals surface area (Å²) in [5.74, 6) is -0.0626. The van der Waals surface area contributed by atoms with E-state index in [-0.39, 0.29) is 5.78 Å². The van der Waals surface area contributed by atoms with Crippen molar-refractivity contribution in [3.63, 3.8) is 0 Å². The van der Waals surface area contributed by atoms with E-state index in [4.69, 9.17) is 5.10 Å². The minimum Gasteiger partial charge on any atom is -0.298 e. The quantitative estimate of drug-likeness (QED) is 0.275. The monoisotopic (exact) mass is 358 g/mol. The molecule has 3 aromatic carbocycles. The highest BCUT2D eigenvalue weighted by molar-refractivity contribution is 6.61. The van der Waals surface area contributed by atoms with Gasteiger partial charge in [0, 0.05) is 16.8 Å². The Morgan fingerprint density at radius 1 is 0.731 bits per heavy atom. The van der Waals surface area contributed by atoms with Gasteiger partial charge in [0.05, 0.1) is 0 Å². The lowest BCUT2D eigenvalue weighted by molar-refractivity contribution is 0.106. The van der Waals surface area contributed by atoms with Crippen LogP contribution >= 0.6 is 0 Å². The lowest BCUT2D eigenvalue weighted by Crippen LogP contribution is -2.32. The third-order valence-corrected chi connectivity index (χ3v) is 5.41. The van der Waals surface area contributed by atoms with Crippen LogP contribution in [0.5, 0.6) is 0 Å². The maximum absolute atomic E-state index is 13.2. The number of Topliss-reactive ketones (excluding diaryl/α,β-unsaturated/α-hetero) is 1. The van der Waals surface area contributed by atoms with Crippen molar-refractivity contribution in [3.8, 4) is 0 Å². The number of carbonyl (C=O) groups excluding carboxylic acids is 1. The average Bonchev–Trinajstić information content (AvgIpc) is 2.70. The predicted octanol–water partition coefficient (Wildman–Crippen LogP) is 4.76. The summed E-state index contributed by atoms with van der Waals surface area (Å²) >= 11 is 0. The summed E-state index contributed by atoms with van der Waals surface area (Å²) in [5, 5.41) is 4.85. The Bertz CT molecular complexity index is 878. The van der Waals surface area contributed by atoms with Crippen molar-refractivity contribution in [1.82, 2.24) is 0 Å². The number of hydrazone groups is 1. The van der Waals surface area contributed by atoms with Gasteiger partial charge in [0.15, 0.2) is 8.96 Å². The van der Waals surface area contributed by atoms with Gasteiger partial charge in [-0.25, -0.2) is 0 Å². The zero-order valence-electron chi connectivity index (χ0n) is 15.0. The number of hydrogen-bond acceptors (Lipinski definition) is 3. The van der Waals surface area contributed by atoms with E-state index in [1.165, 1.54) is 0 Å². The van der Waals surface area contributed by atoms with Gasteiger partial charge in [0.2, 0.25) is 5.78 Å². The Morgan fingerprint density at radius 3 is 1.69 bits per heavy atom. The first-order valence-corrected chi connectivity index (χ1v) is 11.6. The summed E-state index contributed by atoms with van der Waals surface area (Å²) in [7, 11) is -1.33. The van der Waals surface area contributed by atoms with E-state index in [2.05, 4.69) is 13.1 Å². The molecule has 0 fully saturated rings. The van der Waals surface area contributed by atoms with E-state index in [0.717, 1.165) is 11.3 Å². The van der Waals surface area contributed by atoms with Gasteiger partial charge < -0.3 is 0 Å². The molecule has 3 aromatic rings. The normalized spacial score (nSPS) is 11.4. The third-order valence-electron chi connectivity index (χ3n) is 4.02. The average molecular weight is 359 g/mol. The molecule has 0 aliphatic carbocycles. The fourth-order valence-corrected chi connectivity index (χ4v) is 3.83. The Kier molecular flexibility index (Phi) is 5.76. The van der Waals surface area contributed by atoms with Crippen LogP contribution in [0, 0.1) is 0 Å². The maximum Gasteiger partial charge on any atom is 0.213 e. The van der Waals surface area contributed by atoms with Crippen LogP contribution < -0.4 is 4.67 Å². The molecule has 26 heavy (non-hydrogen) atoms. The van der Waals surface area contributed by atoms with Gasteiger partial charge >= 0.3 is 0 Å². The standard InChI is InChI=1S/C22H22N2OSi/c1-26(2)24(20-16-10-5-11-17-20)23-21(18-12-6-3-7-13-18)22(25)19-14-8-4-9-15-19/h3-17,26H,1-2H3. The van der Waals surface area contributed by atoms with Gasteiger partial charge in [-0.1, -0.05) is 92.0 Å². The van der Waals surface area contributed by atoms with Crippen LogP contribution in [0.3, 0.4) is 0 Å². The van der Waals surface area contributed by atoms with E-state index < -0.39 is 8.96 Å². The van der Waals surface area contributed by atoms with Crippen LogP contribution in [0.2, 0.25) is 13.1 Å². The zero-order valence-corrected chi connectivity index (χ0v) is 16.2. The van der Waals surface area contributed by atoms with Crippen LogP contribution in [0.4, 0.5) is 5.69 Å². The summed E-state index contributed by atoms with van der Waals surface area (Å²) in [6.07, 6.45) is 0. The van der Waals surface area contributed by atoms with E-state index in [1.54, 1.807) is 0 Å². The third kappa shape index (κ3) is 4.16. The van der Waals surface area contributed by atoms with Crippen molar-refractivity contribution in [2.45, 2.75) is 13.1 Å². The van der Waals surface area contributed by atoms with E-state index >= 15 is 0 Å². The van der Waals surface area contributed by atoms with Gasteiger partial charge in [-0.2, -0.15) is 5.10 Å². The highest BCUT2D eigenvalue weighted by atomic mass is 28.3. The van der Waals surface area contributed by atoms with Crippen molar-refractivity contribution < 1.29 is 4.79 Å². The van der Waals surface area contributed by atoms with Gasteiger partial charge in [-0.05, 0) is 12.1 Å². The SMILES string of the molecule is C[SiH](C)N(N=C(C(=O)c1ccccc1)c1ccccc1)c1ccccc1. The van der Waals surface area contributed by atoms with Gasteiger partial charge in [-0.3, -0.25) is 9.47 Å². The number of carbonyl (C=O) groups is 1. The summed E-state index contributed by atoms with van der Waals surface area (Å²) < 4.78 is 2.03. The van der Waals surface area contributed by atoms with E-state index in [9.17, 15) is 4.79 Å². The molecular weight excluding hydrogens is 336 g/mol. The first kappa shape index (κ1) is 17.8. The first-order chi connectivity index (χ1) is 12.7. The molecular formula is C22H22N2OSi.